The molecule has 21 heteroatoms. The molecule has 0 bridgehead atoms. The highest BCUT2D eigenvalue weighted by Gasteiger charge is 2.64. The second-order valence-electron chi connectivity index (χ2n) is 37.7. The molecule has 129 heavy (non-hydrogen) atoms. The van der Waals surface area contributed by atoms with E-state index in [1.54, 1.807) is 0 Å². The predicted octanol–water partition coefficient (Wildman–Crippen LogP) is 33.6. The molecule has 4 fully saturated rings. The third-order valence-electron chi connectivity index (χ3n) is 27.4. The van der Waals surface area contributed by atoms with Gasteiger partial charge in [-0.2, -0.15) is 0 Å². The number of halogens is 3. The molecule has 0 saturated carbocycles. The standard InChI is InChI=1S/C34H27BO2S2.C28H15BrS2.C16H10S.C12H24B2O4.C12H6BrIS.C6H12BO2/c1-33(2)34(3,4)37-35(36-33)25-13-9-15-28-31(25)24-18-21(16-17-27(24)38-28)30-22-11-6-5-10-20(22)19-29-32(30)23-12-7-8-14-26(23)39-29;29-21-9-5-11-24-27(21)20-14-17(12-13-23(20)30-24)26-18-7-2-1-6-16(18)15-25-28(26)19-8-3-4-10-22(19)31-25;1-2-6-12-10-16-14(9-11(12)5-1)13-7-3-4-8-15(13)17-16;1-9(2)10(3,4)16-13(15-9)14-17-11(5,6)12(7,8)18-14;13-9-2-1-3-11-12(9)8-6-7(14)4-5-10(8)15-11;1-5(2)6(3,4)9-7-8-5/h5-19H,1-4H3;1-15H;1-10H;1-8H3;1-6H;1-4H3. The SMILES string of the molecule is Brc1cccc2sc3ccc(-c4c5ccccc5cc5sc6ccccc6c45)cc3c12.Brc1cccc2sc3ccc(I)cc3c12.CC1(C)OB(B2OC(C)(C)C(C)(C)O2)OC1(C)C.CC1(C)OB(c2cccc3sc4ccc(-c5c6ccccc6cc6sc7ccccc7c56)cc4c23)OC1(C)C.CC1(C)O[B]OC1(C)C.c1ccc2cc3c(cc2c1)sc1ccccc13. The molecule has 4 aliphatic rings. The molecule has 0 atom stereocenters. The summed E-state index contributed by atoms with van der Waals surface area (Å²) in [6, 6.07) is 102. The summed E-state index contributed by atoms with van der Waals surface area (Å²) in [6.45, 7) is 32.7. The monoisotopic (exact) mass is 2040 g/mol. The maximum Gasteiger partial charge on any atom is 0.495 e. The fourth-order valence-electron chi connectivity index (χ4n) is 17.5. The van der Waals surface area contributed by atoms with Crippen LogP contribution in [0.25, 0.3) is 176 Å². The predicted molar refractivity (Wildman–Crippen MR) is 579 cm³/mol. The maximum atomic E-state index is 6.53. The first kappa shape index (κ1) is 88.9. The second kappa shape index (κ2) is 33.9. The maximum absolute atomic E-state index is 6.53. The van der Waals surface area contributed by atoms with Crippen molar-refractivity contribution in [2.75, 3.05) is 0 Å². The van der Waals surface area contributed by atoms with E-state index >= 15 is 0 Å². The molecule has 4 aliphatic heterocycles. The van der Waals surface area contributed by atoms with E-state index in [9.17, 15) is 0 Å². The summed E-state index contributed by atoms with van der Waals surface area (Å²) in [5, 5.41) is 23.8. The number of rotatable bonds is 4. The highest BCUT2D eigenvalue weighted by molar-refractivity contribution is 14.1. The van der Waals surface area contributed by atoms with Gasteiger partial charge in [0.25, 0.3) is 0 Å². The van der Waals surface area contributed by atoms with Gasteiger partial charge in [0.15, 0.2) is 0 Å². The molecule has 0 N–H and O–H groups in total. The summed E-state index contributed by atoms with van der Waals surface area (Å²) in [7, 11) is 0.0670. The zero-order valence-electron chi connectivity index (χ0n) is 74.7. The topological polar surface area (TPSA) is 73.8 Å². The van der Waals surface area contributed by atoms with Crippen molar-refractivity contribution in [1.29, 1.82) is 0 Å². The first-order chi connectivity index (χ1) is 61.6. The van der Waals surface area contributed by atoms with E-state index in [1.165, 1.54) is 191 Å². The van der Waals surface area contributed by atoms with E-state index in [2.05, 4.69) is 361 Å². The summed E-state index contributed by atoms with van der Waals surface area (Å²) in [6.07, 6.45) is 0. The number of hydrogen-bond donors (Lipinski definition) is 0. The Kier molecular flexibility index (Phi) is 23.4. The molecule has 25 rings (SSSR count). The van der Waals surface area contributed by atoms with Crippen molar-refractivity contribution < 1.29 is 37.2 Å². The van der Waals surface area contributed by atoms with Gasteiger partial charge in [0.2, 0.25) is 0 Å². The van der Waals surface area contributed by atoms with E-state index in [-0.39, 0.29) is 44.8 Å². The van der Waals surface area contributed by atoms with Gasteiger partial charge in [-0.05, 0) is 309 Å². The quantitative estimate of drug-likeness (QED) is 0.127. The third kappa shape index (κ3) is 16.2. The van der Waals surface area contributed by atoms with Crippen molar-refractivity contribution in [2.24, 2.45) is 0 Å². The van der Waals surface area contributed by atoms with E-state index in [0.29, 0.717) is 0 Å². The smallest absolute Gasteiger partial charge is 0.405 e. The van der Waals surface area contributed by atoms with E-state index in [1.807, 2.05) is 151 Å². The van der Waals surface area contributed by atoms with Crippen LogP contribution in [0.15, 0.2) is 288 Å². The summed E-state index contributed by atoms with van der Waals surface area (Å²) < 4.78 is 67.0. The molecule has 4 saturated heterocycles. The van der Waals surface area contributed by atoms with Crippen LogP contribution in [0.5, 0.6) is 0 Å². The summed E-state index contributed by atoms with van der Waals surface area (Å²) >= 11 is 21.0. The molecule has 8 nitrogen and oxygen atoms in total. The van der Waals surface area contributed by atoms with Gasteiger partial charge < -0.3 is 37.2 Å². The van der Waals surface area contributed by atoms with E-state index < -0.39 is 21.1 Å². The highest BCUT2D eigenvalue weighted by Crippen LogP contribution is 2.52. The van der Waals surface area contributed by atoms with Crippen LogP contribution < -0.4 is 5.46 Å². The van der Waals surface area contributed by atoms with E-state index in [4.69, 9.17) is 37.2 Å². The molecule has 0 aliphatic carbocycles. The zero-order chi connectivity index (χ0) is 89.8. The summed E-state index contributed by atoms with van der Waals surface area (Å²) in [5.74, 6) is 0. The minimum absolute atomic E-state index is 0.187. The lowest BCUT2D eigenvalue weighted by Gasteiger charge is -2.32. The fraction of sp³-hybridized carbons (Fsp3) is 0.222. The van der Waals surface area contributed by atoms with Gasteiger partial charge in [-0.3, -0.25) is 0 Å². The molecule has 643 valence electrons. The van der Waals surface area contributed by atoms with E-state index in [0.717, 1.165) is 9.94 Å². The number of hydrogen-bond acceptors (Lipinski definition) is 14. The van der Waals surface area contributed by atoms with Gasteiger partial charge in [-0.1, -0.05) is 196 Å². The van der Waals surface area contributed by atoms with Crippen molar-refractivity contribution in [2.45, 2.75) is 156 Å². The lowest BCUT2D eigenvalue weighted by atomic mass is 9.49. The molecule has 1 radical (unpaired) electrons. The molecular weight excluding hydrogens is 1950 g/mol. The van der Waals surface area contributed by atoms with Gasteiger partial charge in [-0.15, -0.1) is 68.0 Å². The largest absolute Gasteiger partial charge is 0.495 e. The Balaban J connectivity index is 0.000000103. The van der Waals surface area contributed by atoms with Crippen LogP contribution in [0.1, 0.15) is 111 Å². The molecule has 15 aromatic carbocycles. The van der Waals surface area contributed by atoms with Crippen molar-refractivity contribution in [1.82, 2.24) is 0 Å². The highest BCUT2D eigenvalue weighted by atomic mass is 127. The average Bonchev–Trinajstić information content (AvgIpc) is 1.60. The minimum atomic E-state index is -0.476. The van der Waals surface area contributed by atoms with Crippen LogP contribution in [0.3, 0.4) is 0 Å². The zero-order valence-corrected chi connectivity index (χ0v) is 84.9. The van der Waals surface area contributed by atoms with Crippen molar-refractivity contribution in [3.63, 3.8) is 0 Å². The van der Waals surface area contributed by atoms with Gasteiger partial charge in [-0.25, -0.2) is 0 Å². The van der Waals surface area contributed by atoms with Crippen LogP contribution in [0.4, 0.5) is 0 Å². The molecular formula is C108H94B4Br2IO8S6. The van der Waals surface area contributed by atoms with Crippen LogP contribution in [0, 0.1) is 3.57 Å². The Morgan fingerprint density at radius 2 is 0.574 bits per heavy atom. The molecule has 0 spiro atoms. The van der Waals surface area contributed by atoms with Gasteiger partial charge in [0.05, 0.1) is 44.8 Å². The minimum Gasteiger partial charge on any atom is -0.405 e. The number of thiophene rings is 6. The summed E-state index contributed by atoms with van der Waals surface area (Å²) in [5.41, 5.74) is 3.72. The van der Waals surface area contributed by atoms with Crippen molar-refractivity contribution >= 4 is 310 Å². The Morgan fingerprint density at radius 1 is 0.248 bits per heavy atom. The second-order valence-corrected chi connectivity index (χ2v) is 47.1. The fourth-order valence-corrected chi connectivity index (χ4v) is 26.3. The lowest BCUT2D eigenvalue weighted by molar-refractivity contribution is 0.00578. The summed E-state index contributed by atoms with van der Waals surface area (Å²) in [4.78, 5) is 0. The Labute approximate surface area is 808 Å². The number of benzene rings is 15. The first-order valence-electron chi connectivity index (χ1n) is 43.6. The van der Waals surface area contributed by atoms with Gasteiger partial charge >= 0.3 is 28.8 Å². The molecule has 6 aromatic heterocycles. The van der Waals surface area contributed by atoms with Crippen LogP contribution in [0.2, 0.25) is 0 Å². The third-order valence-corrected chi connectivity index (χ3v) is 36.2. The van der Waals surface area contributed by atoms with Gasteiger partial charge in [0, 0.05) is 134 Å². The lowest BCUT2D eigenvalue weighted by Crippen LogP contribution is -2.41. The molecule has 0 unspecified atom stereocenters. The van der Waals surface area contributed by atoms with Crippen molar-refractivity contribution in [3.8, 4) is 22.3 Å². The van der Waals surface area contributed by atoms with Crippen LogP contribution in [-0.2, 0) is 37.2 Å². The first-order valence-corrected chi connectivity index (χ1v) is 51.2. The number of fused-ring (bicyclic) bond motifs is 21. The molecule has 21 aromatic rings. The Hall–Kier alpha value is -7.97. The Bertz CT molecular complexity index is 7920. The Morgan fingerprint density at radius 3 is 1.02 bits per heavy atom. The van der Waals surface area contributed by atoms with Crippen molar-refractivity contribution in [3.05, 3.63) is 292 Å². The van der Waals surface area contributed by atoms with Gasteiger partial charge in [0.1, 0.15) is 0 Å². The normalized spacial score (nSPS) is 17.4. The molecule has 10 heterocycles. The van der Waals surface area contributed by atoms with Crippen LogP contribution >= 0.6 is 122 Å². The molecule has 0 amide bonds. The van der Waals surface area contributed by atoms with Crippen LogP contribution in [-0.4, -0.2) is 73.6 Å². The average molecular weight is 2040 g/mol.